The van der Waals surface area contributed by atoms with E-state index >= 15 is 0 Å². The Morgan fingerprint density at radius 3 is 1.81 bits per heavy atom. The maximum absolute atomic E-state index is 13.7. The van der Waals surface area contributed by atoms with Gasteiger partial charge in [-0.1, -0.05) is 30.3 Å². The summed E-state index contributed by atoms with van der Waals surface area (Å²) < 4.78 is 81.1. The van der Waals surface area contributed by atoms with E-state index in [0.717, 1.165) is 44.8 Å². The van der Waals surface area contributed by atoms with E-state index in [4.69, 9.17) is 0 Å². The maximum Gasteiger partial charge on any atom is 0.416 e. The Hall–Kier alpha value is -2.63. The Kier molecular flexibility index (Phi) is 9.20. The Bertz CT molecular complexity index is 1170. The normalized spacial score (nSPS) is 24.2. The minimum absolute atomic E-state index is 0.0652. The molecule has 230 valence electrons. The predicted octanol–water partition coefficient (Wildman–Crippen LogP) is 5.65. The summed E-state index contributed by atoms with van der Waals surface area (Å²) in [4.78, 5) is 22.5. The summed E-state index contributed by atoms with van der Waals surface area (Å²) in [5.74, 6) is -0.793. The first-order valence-corrected chi connectivity index (χ1v) is 14.7. The summed E-state index contributed by atoms with van der Waals surface area (Å²) in [7, 11) is 2.15. The van der Waals surface area contributed by atoms with Crippen molar-refractivity contribution in [2.75, 3.05) is 52.9 Å². The van der Waals surface area contributed by atoms with Gasteiger partial charge in [0.2, 0.25) is 0 Å². The van der Waals surface area contributed by atoms with Crippen LogP contribution in [0.5, 0.6) is 0 Å². The molecule has 2 atom stereocenters. The summed E-state index contributed by atoms with van der Waals surface area (Å²) >= 11 is 0. The number of rotatable bonds is 5. The van der Waals surface area contributed by atoms with Gasteiger partial charge in [-0.15, -0.1) is 0 Å². The molecule has 3 saturated heterocycles. The molecule has 3 heterocycles. The van der Waals surface area contributed by atoms with Gasteiger partial charge in [-0.2, -0.15) is 26.3 Å². The number of hydrogen-bond donors (Lipinski definition) is 0. The fourth-order valence-corrected chi connectivity index (χ4v) is 6.78. The molecule has 3 aliphatic rings. The van der Waals surface area contributed by atoms with Crippen LogP contribution in [0.4, 0.5) is 26.3 Å². The van der Waals surface area contributed by atoms with Gasteiger partial charge in [0.05, 0.1) is 11.1 Å². The van der Waals surface area contributed by atoms with Crippen molar-refractivity contribution in [1.29, 1.82) is 0 Å². The zero-order valence-corrected chi connectivity index (χ0v) is 23.8. The lowest BCUT2D eigenvalue weighted by atomic mass is 9.90. The van der Waals surface area contributed by atoms with Gasteiger partial charge >= 0.3 is 12.4 Å². The SMILES string of the molecule is CN1CCC(N2CCN(C3CCN(C(=O)c4cc(C(F)(F)F)cc(C(F)(F)F)c4)C(Cc4ccccc4)C3)CC2)CC1. The molecule has 2 aromatic rings. The molecular formula is C31H38F6N4O. The van der Waals surface area contributed by atoms with E-state index in [2.05, 4.69) is 21.7 Å². The highest BCUT2D eigenvalue weighted by atomic mass is 19.4. The first-order valence-electron chi connectivity index (χ1n) is 14.7. The summed E-state index contributed by atoms with van der Waals surface area (Å²) in [6.45, 7) is 6.25. The van der Waals surface area contributed by atoms with E-state index in [9.17, 15) is 31.1 Å². The summed E-state index contributed by atoms with van der Waals surface area (Å²) in [5.41, 5.74) is -2.57. The molecule has 3 fully saturated rings. The second-order valence-corrected chi connectivity index (χ2v) is 11.9. The van der Waals surface area contributed by atoms with Crippen LogP contribution < -0.4 is 0 Å². The molecule has 5 nitrogen and oxygen atoms in total. The van der Waals surface area contributed by atoms with Crippen molar-refractivity contribution in [1.82, 2.24) is 19.6 Å². The van der Waals surface area contributed by atoms with E-state index in [0.29, 0.717) is 37.4 Å². The van der Waals surface area contributed by atoms with E-state index in [-0.39, 0.29) is 24.7 Å². The quantitative estimate of drug-likeness (QED) is 0.418. The number of piperazine rings is 1. The lowest BCUT2D eigenvalue weighted by Crippen LogP contribution is -2.58. The van der Waals surface area contributed by atoms with E-state index in [1.807, 2.05) is 30.3 Å². The Morgan fingerprint density at radius 1 is 0.738 bits per heavy atom. The van der Waals surface area contributed by atoms with Crippen molar-refractivity contribution < 1.29 is 31.1 Å². The average Bonchev–Trinajstić information content (AvgIpc) is 2.97. The van der Waals surface area contributed by atoms with Gasteiger partial charge in [-0.25, -0.2) is 0 Å². The number of likely N-dealkylation sites (tertiary alicyclic amines) is 2. The van der Waals surface area contributed by atoms with Gasteiger partial charge < -0.3 is 9.80 Å². The molecule has 3 aliphatic heterocycles. The van der Waals surface area contributed by atoms with Crippen molar-refractivity contribution in [3.8, 4) is 0 Å². The number of nitrogens with zero attached hydrogens (tertiary/aromatic N) is 4. The van der Waals surface area contributed by atoms with Gasteiger partial charge in [0, 0.05) is 56.4 Å². The monoisotopic (exact) mass is 596 g/mol. The predicted molar refractivity (Wildman–Crippen MR) is 148 cm³/mol. The second-order valence-electron chi connectivity index (χ2n) is 11.9. The topological polar surface area (TPSA) is 30.0 Å². The van der Waals surface area contributed by atoms with Crippen LogP contribution >= 0.6 is 0 Å². The third kappa shape index (κ3) is 7.29. The molecule has 0 N–H and O–H groups in total. The zero-order valence-electron chi connectivity index (χ0n) is 23.8. The number of halogens is 6. The van der Waals surface area contributed by atoms with E-state index in [1.165, 1.54) is 17.7 Å². The minimum atomic E-state index is -5.01. The first kappa shape index (κ1) is 30.8. The fraction of sp³-hybridized carbons (Fsp3) is 0.581. The Morgan fingerprint density at radius 2 is 1.26 bits per heavy atom. The number of amides is 1. The third-order valence-electron chi connectivity index (χ3n) is 9.17. The maximum atomic E-state index is 13.7. The molecule has 2 aromatic carbocycles. The lowest BCUT2D eigenvalue weighted by molar-refractivity contribution is -0.143. The van der Waals surface area contributed by atoms with Crippen LogP contribution in [0.1, 0.15) is 52.7 Å². The zero-order chi connectivity index (χ0) is 30.1. The summed E-state index contributed by atoms with van der Waals surface area (Å²) in [6.07, 6.45) is -5.98. The number of benzene rings is 2. The van der Waals surface area contributed by atoms with Crippen molar-refractivity contribution in [2.45, 2.75) is 62.6 Å². The smallest absolute Gasteiger partial charge is 0.335 e. The van der Waals surface area contributed by atoms with Crippen molar-refractivity contribution in [3.63, 3.8) is 0 Å². The number of carbonyl (C=O) groups excluding carboxylic acids is 1. The van der Waals surface area contributed by atoms with E-state index < -0.39 is 35.0 Å². The van der Waals surface area contributed by atoms with Crippen LogP contribution in [-0.2, 0) is 18.8 Å². The highest BCUT2D eigenvalue weighted by molar-refractivity contribution is 5.95. The van der Waals surface area contributed by atoms with Crippen LogP contribution in [0.25, 0.3) is 0 Å². The molecule has 1 amide bonds. The van der Waals surface area contributed by atoms with Crippen LogP contribution in [0, 0.1) is 0 Å². The van der Waals surface area contributed by atoms with Crippen molar-refractivity contribution in [2.24, 2.45) is 0 Å². The van der Waals surface area contributed by atoms with Crippen molar-refractivity contribution in [3.05, 3.63) is 70.8 Å². The van der Waals surface area contributed by atoms with Crippen LogP contribution in [0.3, 0.4) is 0 Å². The second kappa shape index (κ2) is 12.5. The molecular weight excluding hydrogens is 558 g/mol. The molecule has 0 saturated carbocycles. The number of piperidine rings is 2. The molecule has 2 unspecified atom stereocenters. The van der Waals surface area contributed by atoms with Gasteiger partial charge in [-0.3, -0.25) is 14.6 Å². The summed E-state index contributed by atoms with van der Waals surface area (Å²) in [5, 5.41) is 0. The van der Waals surface area contributed by atoms with Crippen LogP contribution in [-0.4, -0.2) is 96.5 Å². The van der Waals surface area contributed by atoms with Crippen LogP contribution in [0.2, 0.25) is 0 Å². The summed E-state index contributed by atoms with van der Waals surface area (Å²) in [6, 6.07) is 11.1. The molecule has 42 heavy (non-hydrogen) atoms. The number of carbonyl (C=O) groups is 1. The van der Waals surface area contributed by atoms with Gasteiger partial charge in [-0.05, 0) is 76.0 Å². The Labute approximate surface area is 243 Å². The van der Waals surface area contributed by atoms with Gasteiger partial charge in [0.15, 0.2) is 0 Å². The molecule has 0 radical (unpaired) electrons. The third-order valence-corrected chi connectivity index (χ3v) is 9.17. The average molecular weight is 597 g/mol. The molecule has 0 aliphatic carbocycles. The lowest BCUT2D eigenvalue weighted by Gasteiger charge is -2.48. The number of hydrogen-bond acceptors (Lipinski definition) is 4. The van der Waals surface area contributed by atoms with Gasteiger partial charge in [0.25, 0.3) is 5.91 Å². The first-order chi connectivity index (χ1) is 19.9. The molecule has 0 spiro atoms. The molecule has 0 bridgehead atoms. The molecule has 11 heteroatoms. The molecule has 5 rings (SSSR count). The number of alkyl halides is 6. The Balaban J connectivity index is 1.33. The van der Waals surface area contributed by atoms with E-state index in [1.54, 1.807) is 0 Å². The minimum Gasteiger partial charge on any atom is -0.335 e. The standard InChI is InChI=1S/C31H38F6N4O/c1-38-10-7-26(8-11-38)39-13-15-40(16-14-39)27-9-12-41(28(21-27)17-22-5-3-2-4-6-22)29(42)23-18-24(30(32,33)34)20-25(19-23)31(35,36)37/h2-6,18-20,26-28H,7-17,21H2,1H3. The molecule has 0 aromatic heterocycles. The van der Waals surface area contributed by atoms with Crippen molar-refractivity contribution >= 4 is 5.91 Å². The van der Waals surface area contributed by atoms with Crippen LogP contribution in [0.15, 0.2) is 48.5 Å². The highest BCUT2D eigenvalue weighted by Gasteiger charge is 2.40. The largest absolute Gasteiger partial charge is 0.416 e. The fourth-order valence-electron chi connectivity index (χ4n) is 6.78. The van der Waals surface area contributed by atoms with Gasteiger partial charge in [0.1, 0.15) is 0 Å². The highest BCUT2D eigenvalue weighted by Crippen LogP contribution is 2.37.